The van der Waals surface area contributed by atoms with Crippen molar-refractivity contribution in [1.82, 2.24) is 9.80 Å². The number of rotatable bonds is 9. The predicted molar refractivity (Wildman–Crippen MR) is 147 cm³/mol. The zero-order valence-electron chi connectivity index (χ0n) is 21.6. The van der Waals surface area contributed by atoms with Crippen molar-refractivity contribution in [2.24, 2.45) is 5.16 Å². The highest BCUT2D eigenvalue weighted by molar-refractivity contribution is 5.88. The number of oxime groups is 1. The first kappa shape index (κ1) is 25.5. The smallest absolute Gasteiger partial charge is 0.122 e. The number of piperazine rings is 1. The standard InChI is InChI=1S/C31H37N3O3/c1-36-32-27-15-16-29-26(21-27)13-8-14-30(29)37-23-28(35)22-33-17-19-34(20-18-33)31(24-9-4-2-5-10-24)25-11-6-3-7-12-25/h2-14,28,31,35H,15-23H2,1H3. The van der Waals surface area contributed by atoms with Crippen LogP contribution in [0, 0.1) is 0 Å². The van der Waals surface area contributed by atoms with Crippen LogP contribution in [-0.2, 0) is 17.7 Å². The second-order valence-corrected chi connectivity index (χ2v) is 9.94. The van der Waals surface area contributed by atoms with E-state index in [1.807, 2.05) is 12.1 Å². The van der Waals surface area contributed by atoms with E-state index in [4.69, 9.17) is 9.57 Å². The molecule has 6 nitrogen and oxygen atoms in total. The Morgan fingerprint density at radius 1 is 0.838 bits per heavy atom. The number of hydrogen-bond acceptors (Lipinski definition) is 6. The molecule has 0 bridgehead atoms. The molecule has 194 valence electrons. The number of benzene rings is 3. The van der Waals surface area contributed by atoms with Gasteiger partial charge in [-0.05, 0) is 41.2 Å². The van der Waals surface area contributed by atoms with Crippen LogP contribution in [0.15, 0.2) is 84.0 Å². The fourth-order valence-electron chi connectivity index (χ4n) is 5.61. The molecular formula is C31H37N3O3. The Bertz CT molecular complexity index is 1120. The van der Waals surface area contributed by atoms with Crippen LogP contribution < -0.4 is 4.74 Å². The van der Waals surface area contributed by atoms with Gasteiger partial charge >= 0.3 is 0 Å². The Morgan fingerprint density at radius 3 is 2.16 bits per heavy atom. The minimum absolute atomic E-state index is 0.247. The highest BCUT2D eigenvalue weighted by Gasteiger charge is 2.27. The normalized spacial score (nSPS) is 18.5. The van der Waals surface area contributed by atoms with Gasteiger partial charge in [0.25, 0.3) is 0 Å². The predicted octanol–water partition coefficient (Wildman–Crippen LogP) is 4.32. The number of ether oxygens (including phenoxy) is 1. The zero-order valence-corrected chi connectivity index (χ0v) is 21.6. The minimum atomic E-state index is -0.532. The van der Waals surface area contributed by atoms with E-state index in [9.17, 15) is 5.11 Å². The van der Waals surface area contributed by atoms with Crippen molar-refractivity contribution >= 4 is 5.71 Å². The second kappa shape index (κ2) is 12.4. The number of β-amino-alcohol motifs (C(OH)–C–C–N with tert-alkyl or cyclic N) is 1. The van der Waals surface area contributed by atoms with Gasteiger partial charge in [0.2, 0.25) is 0 Å². The van der Waals surface area contributed by atoms with Crippen molar-refractivity contribution in [1.29, 1.82) is 0 Å². The van der Waals surface area contributed by atoms with Gasteiger partial charge in [-0.2, -0.15) is 0 Å². The summed E-state index contributed by atoms with van der Waals surface area (Å²) < 4.78 is 6.12. The molecule has 1 aliphatic heterocycles. The minimum Gasteiger partial charge on any atom is -0.491 e. The molecule has 1 aliphatic carbocycles. The van der Waals surface area contributed by atoms with Gasteiger partial charge in [0.1, 0.15) is 25.6 Å². The number of hydrogen-bond donors (Lipinski definition) is 1. The summed E-state index contributed by atoms with van der Waals surface area (Å²) in [5.74, 6) is 0.881. The fraction of sp³-hybridized carbons (Fsp3) is 0.387. The Labute approximate surface area is 220 Å². The summed E-state index contributed by atoms with van der Waals surface area (Å²) in [6.07, 6.45) is 2.02. The van der Waals surface area contributed by atoms with E-state index in [0.29, 0.717) is 13.2 Å². The first-order chi connectivity index (χ1) is 18.2. The number of fused-ring (bicyclic) bond motifs is 1. The average Bonchev–Trinajstić information content (AvgIpc) is 2.94. The van der Waals surface area contributed by atoms with E-state index in [1.54, 1.807) is 7.11 Å². The molecule has 1 atom stereocenters. The Balaban J connectivity index is 1.15. The van der Waals surface area contributed by atoms with Crippen molar-refractivity contribution in [2.75, 3.05) is 46.4 Å². The van der Waals surface area contributed by atoms with Crippen molar-refractivity contribution in [3.8, 4) is 5.75 Å². The zero-order chi connectivity index (χ0) is 25.5. The summed E-state index contributed by atoms with van der Waals surface area (Å²) >= 11 is 0. The average molecular weight is 500 g/mol. The largest absolute Gasteiger partial charge is 0.491 e. The maximum absolute atomic E-state index is 10.8. The van der Waals surface area contributed by atoms with Gasteiger partial charge in [0.15, 0.2) is 0 Å². The van der Waals surface area contributed by atoms with E-state index >= 15 is 0 Å². The second-order valence-electron chi connectivity index (χ2n) is 9.94. The molecule has 2 aliphatic rings. The molecule has 1 saturated heterocycles. The van der Waals surface area contributed by atoms with Crippen molar-refractivity contribution in [3.05, 3.63) is 101 Å². The van der Waals surface area contributed by atoms with Crippen LogP contribution >= 0.6 is 0 Å². The monoisotopic (exact) mass is 499 g/mol. The molecule has 5 rings (SSSR count). The molecule has 1 unspecified atom stereocenters. The molecule has 0 spiro atoms. The lowest BCUT2D eigenvalue weighted by Gasteiger charge is -2.40. The van der Waals surface area contributed by atoms with Crippen molar-refractivity contribution in [2.45, 2.75) is 31.4 Å². The van der Waals surface area contributed by atoms with E-state index < -0.39 is 6.10 Å². The molecule has 0 aromatic heterocycles. The molecule has 0 amide bonds. The molecule has 0 radical (unpaired) electrons. The Hall–Kier alpha value is -3.19. The summed E-state index contributed by atoms with van der Waals surface area (Å²) in [6.45, 7) is 4.69. The fourth-order valence-corrected chi connectivity index (χ4v) is 5.61. The van der Waals surface area contributed by atoms with Crippen LogP contribution in [0.5, 0.6) is 5.75 Å². The number of aliphatic hydroxyl groups excluding tert-OH is 1. The summed E-state index contributed by atoms with van der Waals surface area (Å²) in [5.41, 5.74) is 6.17. The first-order valence-electron chi connectivity index (χ1n) is 13.3. The molecule has 37 heavy (non-hydrogen) atoms. The lowest BCUT2D eigenvalue weighted by atomic mass is 9.90. The van der Waals surface area contributed by atoms with Crippen LogP contribution in [0.3, 0.4) is 0 Å². The van der Waals surface area contributed by atoms with Gasteiger partial charge in [-0.15, -0.1) is 0 Å². The molecule has 1 N–H and O–H groups in total. The van der Waals surface area contributed by atoms with E-state index in [0.717, 1.165) is 56.9 Å². The summed E-state index contributed by atoms with van der Waals surface area (Å²) in [5, 5.41) is 14.9. The van der Waals surface area contributed by atoms with Gasteiger partial charge in [0.05, 0.1) is 11.8 Å². The lowest BCUT2D eigenvalue weighted by molar-refractivity contribution is 0.0399. The molecular weight excluding hydrogens is 462 g/mol. The quantitative estimate of drug-likeness (QED) is 0.445. The van der Waals surface area contributed by atoms with Gasteiger partial charge in [0, 0.05) is 39.1 Å². The van der Waals surface area contributed by atoms with Crippen LogP contribution in [0.1, 0.15) is 34.7 Å². The highest BCUT2D eigenvalue weighted by Crippen LogP contribution is 2.30. The third-order valence-corrected chi connectivity index (χ3v) is 7.41. The van der Waals surface area contributed by atoms with E-state index in [1.165, 1.54) is 22.3 Å². The maximum atomic E-state index is 10.8. The SMILES string of the molecule is CON=C1CCc2c(cccc2OCC(O)CN2CCN(C(c3ccccc3)c3ccccc3)CC2)C1. The molecule has 0 saturated carbocycles. The topological polar surface area (TPSA) is 57.5 Å². The number of nitrogens with zero attached hydrogens (tertiary/aromatic N) is 3. The van der Waals surface area contributed by atoms with Crippen molar-refractivity contribution < 1.29 is 14.7 Å². The maximum Gasteiger partial charge on any atom is 0.122 e. The Kier molecular flexibility index (Phi) is 8.51. The first-order valence-corrected chi connectivity index (χ1v) is 13.3. The summed E-state index contributed by atoms with van der Waals surface area (Å²) in [7, 11) is 1.59. The third-order valence-electron chi connectivity index (χ3n) is 7.41. The summed E-state index contributed by atoms with van der Waals surface area (Å²) in [4.78, 5) is 9.87. The van der Waals surface area contributed by atoms with E-state index in [2.05, 4.69) is 81.7 Å². The van der Waals surface area contributed by atoms with Crippen LogP contribution in [0.4, 0.5) is 0 Å². The van der Waals surface area contributed by atoms with E-state index in [-0.39, 0.29) is 6.04 Å². The molecule has 1 fully saturated rings. The van der Waals surface area contributed by atoms with Gasteiger partial charge in [-0.1, -0.05) is 78.0 Å². The number of aliphatic hydroxyl groups is 1. The molecule has 3 aromatic carbocycles. The van der Waals surface area contributed by atoms with Gasteiger partial charge in [-0.3, -0.25) is 9.80 Å². The Morgan fingerprint density at radius 2 is 1.51 bits per heavy atom. The lowest BCUT2D eigenvalue weighted by Crippen LogP contribution is -2.50. The molecule has 1 heterocycles. The molecule has 6 heteroatoms. The highest BCUT2D eigenvalue weighted by atomic mass is 16.6. The summed E-state index contributed by atoms with van der Waals surface area (Å²) in [6, 6.07) is 27.9. The van der Waals surface area contributed by atoms with Crippen molar-refractivity contribution in [3.63, 3.8) is 0 Å². The van der Waals surface area contributed by atoms with Crippen LogP contribution in [0.2, 0.25) is 0 Å². The third kappa shape index (κ3) is 6.39. The van der Waals surface area contributed by atoms with Crippen LogP contribution in [0.25, 0.3) is 0 Å². The van der Waals surface area contributed by atoms with Gasteiger partial charge in [-0.25, -0.2) is 0 Å². The van der Waals surface area contributed by atoms with Crippen LogP contribution in [-0.4, -0.2) is 73.2 Å². The molecule has 3 aromatic rings. The van der Waals surface area contributed by atoms with Gasteiger partial charge < -0.3 is 14.7 Å².